The molecule has 2 aromatic carbocycles. The van der Waals surface area contributed by atoms with E-state index in [0.717, 1.165) is 18.4 Å². The number of carbonyl (C=O) groups excluding carboxylic acids is 3. The minimum atomic E-state index is -0.897. The zero-order chi connectivity index (χ0) is 22.9. The van der Waals surface area contributed by atoms with Crippen molar-refractivity contribution in [3.63, 3.8) is 0 Å². The minimum Gasteiger partial charge on any atom is -0.454 e. The first-order chi connectivity index (χ1) is 15.4. The van der Waals surface area contributed by atoms with Crippen LogP contribution in [0, 0.1) is 11.8 Å². The van der Waals surface area contributed by atoms with Crippen molar-refractivity contribution in [1.29, 1.82) is 0 Å². The fourth-order valence-electron chi connectivity index (χ4n) is 4.15. The molecule has 0 aliphatic heterocycles. The normalized spacial score (nSPS) is 21.2. The van der Waals surface area contributed by atoms with E-state index in [1.807, 2.05) is 36.4 Å². The highest BCUT2D eigenvalue weighted by molar-refractivity contribution is 5.97. The predicted octanol–water partition coefficient (Wildman–Crippen LogP) is 3.51. The Morgan fingerprint density at radius 1 is 0.969 bits per heavy atom. The molecule has 32 heavy (non-hydrogen) atoms. The molecule has 6 nitrogen and oxygen atoms in total. The number of benzene rings is 2. The average Bonchev–Trinajstić information content (AvgIpc) is 2.81. The summed E-state index contributed by atoms with van der Waals surface area (Å²) in [5.41, 5.74) is 1.34. The number of rotatable bonds is 8. The molecule has 0 radical (unpaired) electrons. The third-order valence-corrected chi connectivity index (χ3v) is 6.31. The summed E-state index contributed by atoms with van der Waals surface area (Å²) in [6.07, 6.45) is 3.47. The average molecular weight is 437 g/mol. The van der Waals surface area contributed by atoms with E-state index in [0.29, 0.717) is 17.4 Å². The minimum absolute atomic E-state index is 0.0999. The highest BCUT2D eigenvalue weighted by Crippen LogP contribution is 2.29. The third kappa shape index (κ3) is 6.67. The first kappa shape index (κ1) is 23.5. The smallest absolute Gasteiger partial charge is 0.329 e. The highest BCUT2D eigenvalue weighted by Gasteiger charge is 2.29. The highest BCUT2D eigenvalue weighted by atomic mass is 16.5. The molecule has 0 aromatic heterocycles. The number of carbonyl (C=O) groups is 3. The van der Waals surface area contributed by atoms with E-state index in [4.69, 9.17) is 4.74 Å². The molecule has 2 N–H and O–H groups in total. The lowest BCUT2D eigenvalue weighted by atomic mass is 9.78. The molecule has 1 aliphatic rings. The van der Waals surface area contributed by atoms with Gasteiger partial charge in [-0.25, -0.2) is 4.79 Å². The molecule has 4 atom stereocenters. The van der Waals surface area contributed by atoms with Gasteiger partial charge in [0.1, 0.15) is 6.04 Å². The van der Waals surface area contributed by atoms with Crippen LogP contribution in [0.2, 0.25) is 0 Å². The SMILES string of the molecule is CC1CCCC(NC(=O)COC(=O)C(Cc2ccccc2)NC(=O)c2ccccc2)C1C. The second-order valence-electron chi connectivity index (χ2n) is 8.63. The van der Waals surface area contributed by atoms with Crippen LogP contribution in [0.5, 0.6) is 0 Å². The molecule has 2 aromatic rings. The summed E-state index contributed by atoms with van der Waals surface area (Å²) >= 11 is 0. The van der Waals surface area contributed by atoms with Crippen molar-refractivity contribution in [2.45, 2.75) is 51.6 Å². The van der Waals surface area contributed by atoms with Gasteiger partial charge in [0.25, 0.3) is 11.8 Å². The molecule has 0 bridgehead atoms. The van der Waals surface area contributed by atoms with Crippen molar-refractivity contribution in [2.24, 2.45) is 11.8 Å². The molecule has 1 fully saturated rings. The summed E-state index contributed by atoms with van der Waals surface area (Å²) in [5.74, 6) is -0.354. The maximum atomic E-state index is 12.8. The van der Waals surface area contributed by atoms with Crippen molar-refractivity contribution in [3.8, 4) is 0 Å². The van der Waals surface area contributed by atoms with Crippen molar-refractivity contribution < 1.29 is 19.1 Å². The van der Waals surface area contributed by atoms with Crippen LogP contribution >= 0.6 is 0 Å². The van der Waals surface area contributed by atoms with Crippen LogP contribution in [0.25, 0.3) is 0 Å². The van der Waals surface area contributed by atoms with Crippen LogP contribution in [-0.4, -0.2) is 36.5 Å². The second kappa shape index (κ2) is 11.5. The summed E-state index contributed by atoms with van der Waals surface area (Å²) in [7, 11) is 0. The quantitative estimate of drug-likeness (QED) is 0.620. The van der Waals surface area contributed by atoms with Crippen LogP contribution in [0.3, 0.4) is 0 Å². The van der Waals surface area contributed by atoms with E-state index in [2.05, 4.69) is 24.5 Å². The van der Waals surface area contributed by atoms with Crippen LogP contribution in [0.15, 0.2) is 60.7 Å². The van der Waals surface area contributed by atoms with Crippen LogP contribution < -0.4 is 10.6 Å². The van der Waals surface area contributed by atoms with Crippen molar-refractivity contribution >= 4 is 17.8 Å². The number of hydrogen-bond acceptors (Lipinski definition) is 4. The molecule has 0 saturated heterocycles. The molecule has 6 heteroatoms. The topological polar surface area (TPSA) is 84.5 Å². The number of nitrogens with one attached hydrogen (secondary N) is 2. The molecule has 2 amide bonds. The zero-order valence-electron chi connectivity index (χ0n) is 18.8. The Morgan fingerprint density at radius 2 is 1.62 bits per heavy atom. The molecular weight excluding hydrogens is 404 g/mol. The Bertz CT molecular complexity index is 901. The van der Waals surface area contributed by atoms with Crippen LogP contribution in [0.4, 0.5) is 0 Å². The Labute approximate surface area is 189 Å². The fraction of sp³-hybridized carbons (Fsp3) is 0.423. The number of amides is 2. The fourth-order valence-corrected chi connectivity index (χ4v) is 4.15. The predicted molar refractivity (Wildman–Crippen MR) is 123 cm³/mol. The molecule has 3 rings (SSSR count). The lowest BCUT2D eigenvalue weighted by Gasteiger charge is -2.34. The van der Waals surface area contributed by atoms with Gasteiger partial charge in [-0.3, -0.25) is 9.59 Å². The van der Waals surface area contributed by atoms with Gasteiger partial charge in [0.05, 0.1) is 0 Å². The van der Waals surface area contributed by atoms with Gasteiger partial charge in [-0.1, -0.05) is 75.2 Å². The Balaban J connectivity index is 1.60. The summed E-state index contributed by atoms with van der Waals surface area (Å²) in [5, 5.41) is 5.76. The van der Waals surface area contributed by atoms with E-state index >= 15 is 0 Å². The van der Waals surface area contributed by atoms with Gasteiger partial charge >= 0.3 is 5.97 Å². The van der Waals surface area contributed by atoms with E-state index in [1.165, 1.54) is 6.42 Å². The number of hydrogen-bond donors (Lipinski definition) is 2. The molecule has 0 heterocycles. The van der Waals surface area contributed by atoms with E-state index in [-0.39, 0.29) is 30.9 Å². The lowest BCUT2D eigenvalue weighted by Crippen LogP contribution is -2.47. The monoisotopic (exact) mass is 436 g/mol. The molecule has 170 valence electrons. The first-order valence-corrected chi connectivity index (χ1v) is 11.3. The molecule has 1 saturated carbocycles. The van der Waals surface area contributed by atoms with Crippen molar-refractivity contribution in [1.82, 2.24) is 10.6 Å². The van der Waals surface area contributed by atoms with E-state index < -0.39 is 12.0 Å². The Kier molecular flexibility index (Phi) is 8.42. The molecular formula is C26H32N2O4. The maximum absolute atomic E-state index is 12.8. The van der Waals surface area contributed by atoms with Crippen LogP contribution in [-0.2, 0) is 20.7 Å². The van der Waals surface area contributed by atoms with Gasteiger partial charge in [-0.15, -0.1) is 0 Å². The van der Waals surface area contributed by atoms with E-state index in [9.17, 15) is 14.4 Å². The number of esters is 1. The van der Waals surface area contributed by atoms with Gasteiger partial charge < -0.3 is 15.4 Å². The largest absolute Gasteiger partial charge is 0.454 e. The summed E-state index contributed by atoms with van der Waals surface area (Å²) in [4.78, 5) is 37.8. The number of ether oxygens (including phenoxy) is 1. The standard InChI is InChI=1S/C26H32N2O4/c1-18-10-9-15-22(19(18)2)27-24(29)17-32-26(31)23(16-20-11-5-3-6-12-20)28-25(30)21-13-7-4-8-14-21/h3-8,11-14,18-19,22-23H,9-10,15-17H2,1-2H3,(H,27,29)(H,28,30). The zero-order valence-corrected chi connectivity index (χ0v) is 18.8. The molecule has 4 unspecified atom stereocenters. The Morgan fingerprint density at radius 3 is 2.31 bits per heavy atom. The van der Waals surface area contributed by atoms with Gasteiger partial charge in [0.2, 0.25) is 0 Å². The van der Waals surface area contributed by atoms with Gasteiger partial charge in [0, 0.05) is 18.0 Å². The van der Waals surface area contributed by atoms with Gasteiger partial charge in [0.15, 0.2) is 6.61 Å². The lowest BCUT2D eigenvalue weighted by molar-refractivity contribution is -0.150. The summed E-state index contributed by atoms with van der Waals surface area (Å²) in [6.45, 7) is 3.99. The molecule has 1 aliphatic carbocycles. The van der Waals surface area contributed by atoms with Crippen LogP contribution in [0.1, 0.15) is 49.0 Å². The summed E-state index contributed by atoms with van der Waals surface area (Å²) < 4.78 is 5.31. The molecule has 0 spiro atoms. The van der Waals surface area contributed by atoms with E-state index in [1.54, 1.807) is 24.3 Å². The first-order valence-electron chi connectivity index (χ1n) is 11.3. The maximum Gasteiger partial charge on any atom is 0.329 e. The van der Waals surface area contributed by atoms with Crippen molar-refractivity contribution in [2.75, 3.05) is 6.61 Å². The summed E-state index contributed by atoms with van der Waals surface area (Å²) in [6, 6.07) is 17.3. The van der Waals surface area contributed by atoms with Gasteiger partial charge in [-0.05, 0) is 36.0 Å². The third-order valence-electron chi connectivity index (χ3n) is 6.31. The van der Waals surface area contributed by atoms with Gasteiger partial charge in [-0.2, -0.15) is 0 Å². The van der Waals surface area contributed by atoms with Crippen molar-refractivity contribution in [3.05, 3.63) is 71.8 Å². The Hall–Kier alpha value is -3.15. The second-order valence-corrected chi connectivity index (χ2v) is 8.63.